The monoisotopic (exact) mass is 744 g/mol. The summed E-state index contributed by atoms with van der Waals surface area (Å²) in [4.78, 5) is 0. The summed E-state index contributed by atoms with van der Waals surface area (Å²) in [5, 5.41) is 16.6. The lowest BCUT2D eigenvalue weighted by molar-refractivity contribution is 0.369. The minimum atomic E-state index is 0.0571. The van der Waals surface area contributed by atoms with Crippen LogP contribution >= 0.6 is 0 Å². The van der Waals surface area contributed by atoms with Gasteiger partial charge in [-0.1, -0.05) is 153 Å². The quantitative estimate of drug-likeness (QED) is 0.182. The van der Waals surface area contributed by atoms with E-state index < -0.39 is 0 Å². The number of nitrogens with zero attached hydrogens (tertiary/aromatic N) is 1. The van der Waals surface area contributed by atoms with Gasteiger partial charge in [-0.3, -0.25) is 0 Å². The maximum Gasteiger partial charge on any atom is 0.137 e. The minimum absolute atomic E-state index is 0.0571. The molecule has 3 nitrogen and oxygen atoms in total. The van der Waals surface area contributed by atoms with E-state index in [2.05, 4.69) is 205 Å². The van der Waals surface area contributed by atoms with Gasteiger partial charge < -0.3 is 14.3 Å². The predicted octanol–water partition coefficient (Wildman–Crippen LogP) is 14.6. The molecule has 12 rings (SSSR count). The molecule has 1 aliphatic heterocycles. The number of benzene rings is 9. The minimum Gasteiger partial charge on any atom is -0.456 e. The smallest absolute Gasteiger partial charge is 0.137 e. The van der Waals surface area contributed by atoms with Gasteiger partial charge in [0.1, 0.15) is 11.2 Å². The fourth-order valence-electron chi connectivity index (χ4n) is 10.2. The van der Waals surface area contributed by atoms with E-state index in [0.717, 1.165) is 28.7 Å². The topological polar surface area (TPSA) is 30.1 Å². The first-order valence-electron chi connectivity index (χ1n) is 20.5. The Labute approximate surface area is 336 Å². The zero-order valence-corrected chi connectivity index (χ0v) is 32.2. The molecule has 11 aromatic rings. The van der Waals surface area contributed by atoms with Gasteiger partial charge in [-0.2, -0.15) is 0 Å². The number of hydrogen-bond acceptors (Lipinski definition) is 2. The summed E-state index contributed by atoms with van der Waals surface area (Å²) in [5.41, 5.74) is 10.4. The Morgan fingerprint density at radius 1 is 0.517 bits per heavy atom. The lowest BCUT2D eigenvalue weighted by Gasteiger charge is -2.31. The molecule has 3 heteroatoms. The molecule has 0 spiro atoms. The highest BCUT2D eigenvalue weighted by Gasteiger charge is 2.34. The summed E-state index contributed by atoms with van der Waals surface area (Å²) in [6.07, 6.45) is 3.35. The Morgan fingerprint density at radius 2 is 1.17 bits per heavy atom. The number of furan rings is 1. The van der Waals surface area contributed by atoms with Crippen LogP contribution in [0, 0.1) is 5.92 Å². The molecular weight excluding hydrogens is 705 g/mol. The van der Waals surface area contributed by atoms with Crippen LogP contribution in [0.15, 0.2) is 192 Å². The van der Waals surface area contributed by atoms with Crippen molar-refractivity contribution in [2.75, 3.05) is 0 Å². The van der Waals surface area contributed by atoms with Crippen molar-refractivity contribution in [3.05, 3.63) is 205 Å². The summed E-state index contributed by atoms with van der Waals surface area (Å²) in [5.74, 6) is 0.386. The van der Waals surface area contributed by atoms with Crippen molar-refractivity contribution >= 4 is 81.8 Å². The third-order valence-corrected chi connectivity index (χ3v) is 13.0. The second-order valence-electron chi connectivity index (χ2n) is 16.1. The van der Waals surface area contributed by atoms with Crippen molar-refractivity contribution < 1.29 is 4.42 Å². The van der Waals surface area contributed by atoms with E-state index >= 15 is 0 Å². The fourth-order valence-corrected chi connectivity index (χ4v) is 10.2. The van der Waals surface area contributed by atoms with E-state index in [1.165, 1.54) is 81.9 Å². The maximum atomic E-state index is 6.83. The molecule has 1 aliphatic rings. The first-order chi connectivity index (χ1) is 28.7. The lowest BCUT2D eigenvalue weighted by Crippen LogP contribution is -2.27. The number of para-hydroxylation sites is 2. The summed E-state index contributed by atoms with van der Waals surface area (Å²) < 4.78 is 9.29. The molecule has 58 heavy (non-hydrogen) atoms. The SMILES string of the molecule is CC1C(c2cc(-n3c4ccccc4c4cc5ccccc5cc43)cc3oc4ccccc4c23)CC=C(c2cc3ccccc3c3ccccc23)NC1c1ccccc1. The van der Waals surface area contributed by atoms with Crippen molar-refractivity contribution in [3.8, 4) is 5.69 Å². The van der Waals surface area contributed by atoms with Crippen LogP contribution in [0.4, 0.5) is 0 Å². The highest BCUT2D eigenvalue weighted by atomic mass is 16.3. The van der Waals surface area contributed by atoms with Gasteiger partial charge in [0.05, 0.1) is 22.8 Å². The van der Waals surface area contributed by atoms with Crippen molar-refractivity contribution in [1.82, 2.24) is 9.88 Å². The molecule has 276 valence electrons. The number of allylic oxidation sites excluding steroid dienone is 1. The lowest BCUT2D eigenvalue weighted by atomic mass is 9.77. The number of fused-ring (bicyclic) bond motifs is 10. The van der Waals surface area contributed by atoms with E-state index in [4.69, 9.17) is 4.42 Å². The number of hydrogen-bond donors (Lipinski definition) is 1. The average Bonchev–Trinajstić information content (AvgIpc) is 3.75. The molecular formula is C55H40N2O. The van der Waals surface area contributed by atoms with Crippen LogP contribution in [0.5, 0.6) is 0 Å². The van der Waals surface area contributed by atoms with Gasteiger partial charge in [-0.05, 0) is 98.1 Å². The van der Waals surface area contributed by atoms with Gasteiger partial charge >= 0.3 is 0 Å². The van der Waals surface area contributed by atoms with Crippen LogP contribution < -0.4 is 5.32 Å². The van der Waals surface area contributed by atoms with Crippen molar-refractivity contribution in [2.24, 2.45) is 5.92 Å². The van der Waals surface area contributed by atoms with Crippen LogP contribution in [0.2, 0.25) is 0 Å². The van der Waals surface area contributed by atoms with Gasteiger partial charge in [-0.15, -0.1) is 0 Å². The van der Waals surface area contributed by atoms with Crippen molar-refractivity contribution in [2.45, 2.75) is 25.3 Å². The summed E-state index contributed by atoms with van der Waals surface area (Å²) in [7, 11) is 0. The Bertz CT molecular complexity index is 3440. The molecule has 0 fully saturated rings. The number of aromatic nitrogens is 1. The Kier molecular flexibility index (Phi) is 7.40. The van der Waals surface area contributed by atoms with Crippen LogP contribution in [0.3, 0.4) is 0 Å². The first kappa shape index (κ1) is 33.1. The van der Waals surface area contributed by atoms with Crippen LogP contribution in [-0.2, 0) is 0 Å². The molecule has 3 unspecified atom stereocenters. The van der Waals surface area contributed by atoms with Gasteiger partial charge in [0, 0.05) is 38.9 Å². The Balaban J connectivity index is 1.12. The molecule has 0 amide bonds. The first-order valence-corrected chi connectivity index (χ1v) is 20.5. The Hall–Kier alpha value is -7.10. The molecule has 0 bridgehead atoms. The summed E-state index contributed by atoms with van der Waals surface area (Å²) >= 11 is 0. The van der Waals surface area contributed by atoms with Crippen molar-refractivity contribution in [3.63, 3.8) is 0 Å². The molecule has 3 heterocycles. The number of nitrogens with one attached hydrogen (secondary N) is 1. The highest BCUT2D eigenvalue weighted by molar-refractivity contribution is 6.15. The standard InChI is InChI=1S/C55H40N2O/c1-34-40(27-28-49(56-55(34)35-15-3-2-4-16-35)46-30-38-19-7-8-20-41(38)42-21-9-10-22-43(42)46)48-32-39(33-53-54(48)45-24-12-14-26-52(45)58-53)57-50-25-13-11-23-44(50)47-29-36-17-5-6-18-37(36)31-51(47)57/h2-26,28-34,40,55-56H,27H2,1H3. The van der Waals surface area contributed by atoms with Gasteiger partial charge in [0.25, 0.3) is 0 Å². The predicted molar refractivity (Wildman–Crippen MR) is 244 cm³/mol. The Morgan fingerprint density at radius 3 is 2.00 bits per heavy atom. The summed E-state index contributed by atoms with van der Waals surface area (Å²) in [6.45, 7) is 2.44. The fraction of sp³-hybridized carbons (Fsp3) is 0.0909. The average molecular weight is 745 g/mol. The van der Waals surface area contributed by atoms with E-state index in [0.29, 0.717) is 0 Å². The van der Waals surface area contributed by atoms with Crippen LogP contribution in [-0.4, -0.2) is 4.57 Å². The molecule has 0 saturated carbocycles. The van der Waals surface area contributed by atoms with Crippen LogP contribution in [0.25, 0.3) is 87.4 Å². The van der Waals surface area contributed by atoms with Gasteiger partial charge in [0.2, 0.25) is 0 Å². The van der Waals surface area contributed by atoms with E-state index in [9.17, 15) is 0 Å². The van der Waals surface area contributed by atoms with Crippen molar-refractivity contribution in [1.29, 1.82) is 0 Å². The van der Waals surface area contributed by atoms with Gasteiger partial charge in [0.15, 0.2) is 0 Å². The second-order valence-corrected chi connectivity index (χ2v) is 16.1. The highest BCUT2D eigenvalue weighted by Crippen LogP contribution is 2.47. The molecule has 3 atom stereocenters. The third kappa shape index (κ3) is 5.06. The largest absolute Gasteiger partial charge is 0.456 e. The number of rotatable bonds is 4. The van der Waals surface area contributed by atoms with E-state index in [-0.39, 0.29) is 17.9 Å². The molecule has 0 radical (unpaired) electrons. The van der Waals surface area contributed by atoms with E-state index in [1.54, 1.807) is 0 Å². The maximum absolute atomic E-state index is 6.83. The zero-order valence-electron chi connectivity index (χ0n) is 32.2. The third-order valence-electron chi connectivity index (χ3n) is 13.0. The molecule has 0 saturated heterocycles. The second kappa shape index (κ2) is 13.0. The molecule has 2 aromatic heterocycles. The normalized spacial score (nSPS) is 17.4. The molecule has 1 N–H and O–H groups in total. The summed E-state index contributed by atoms with van der Waals surface area (Å²) in [6, 6.07) is 66.7. The zero-order chi connectivity index (χ0) is 38.3. The molecule has 9 aromatic carbocycles. The van der Waals surface area contributed by atoms with Gasteiger partial charge in [-0.25, -0.2) is 0 Å². The van der Waals surface area contributed by atoms with E-state index in [1.807, 2.05) is 0 Å². The molecule has 0 aliphatic carbocycles. The van der Waals surface area contributed by atoms with Crippen LogP contribution in [0.1, 0.15) is 42.0 Å².